The van der Waals surface area contributed by atoms with Crippen molar-refractivity contribution >= 4 is 22.7 Å². The van der Waals surface area contributed by atoms with E-state index in [1.165, 1.54) is 6.07 Å². The first kappa shape index (κ1) is 19.1. The van der Waals surface area contributed by atoms with Crippen LogP contribution in [-0.2, 0) is 17.6 Å². The molecule has 0 aliphatic heterocycles. The number of aliphatic hydroxyl groups is 1. The molecule has 1 aromatic heterocycles. The first-order valence-corrected chi connectivity index (χ1v) is 8.29. The van der Waals surface area contributed by atoms with Crippen LogP contribution in [0, 0.1) is 0 Å². The number of aliphatic hydroxyl groups excluding tert-OH is 1. The Balaban J connectivity index is 2.23. The van der Waals surface area contributed by atoms with Gasteiger partial charge < -0.3 is 15.2 Å². The predicted octanol–water partition coefficient (Wildman–Crippen LogP) is 2.96. The van der Waals surface area contributed by atoms with Crippen LogP contribution < -0.4 is 5.56 Å². The van der Waals surface area contributed by atoms with Crippen LogP contribution in [0.25, 0.3) is 10.9 Å². The molecule has 0 spiro atoms. The van der Waals surface area contributed by atoms with E-state index in [0.29, 0.717) is 12.8 Å². The van der Waals surface area contributed by atoms with E-state index in [1.54, 1.807) is 0 Å². The lowest BCUT2D eigenvalue weighted by atomic mass is 9.94. The molecule has 0 amide bonds. The topological polar surface area (TPSA) is 107 Å². The number of rotatable bonds is 6. The Morgan fingerprint density at radius 2 is 1.85 bits per heavy atom. The fourth-order valence-electron chi connectivity index (χ4n) is 3.21. The molecule has 0 atom stereocenters. The molecule has 1 aliphatic rings. The first-order chi connectivity index (χ1) is 12.6. The number of fused-ring (bicyclic) bond motifs is 1. The van der Waals surface area contributed by atoms with Crippen LogP contribution in [0.5, 0.6) is 0 Å². The fraction of sp³-hybridized carbons (Fsp3) is 0.389. The Hall–Kier alpha value is -2.68. The molecule has 3 rings (SSSR count). The van der Waals surface area contributed by atoms with Crippen molar-refractivity contribution in [3.8, 4) is 0 Å². The Labute approximate surface area is 150 Å². The number of aliphatic carboxylic acids is 1. The molecule has 6 nitrogen and oxygen atoms in total. The van der Waals surface area contributed by atoms with Crippen LogP contribution in [0.15, 0.2) is 16.9 Å². The summed E-state index contributed by atoms with van der Waals surface area (Å²) in [7, 11) is 0. The van der Waals surface area contributed by atoms with Gasteiger partial charge in [-0.25, -0.2) is 0 Å². The molecule has 3 N–H and O–H groups in total. The summed E-state index contributed by atoms with van der Waals surface area (Å²) in [6.07, 6.45) is -4.33. The number of pyridine rings is 1. The molecule has 27 heavy (non-hydrogen) atoms. The van der Waals surface area contributed by atoms with E-state index >= 15 is 0 Å². The highest BCUT2D eigenvalue weighted by molar-refractivity contribution is 6.02. The van der Waals surface area contributed by atoms with E-state index in [1.807, 2.05) is 0 Å². The van der Waals surface area contributed by atoms with Gasteiger partial charge in [-0.15, -0.1) is 0 Å². The van der Waals surface area contributed by atoms with Crippen LogP contribution in [0.2, 0.25) is 0 Å². The van der Waals surface area contributed by atoms with Gasteiger partial charge in [0.1, 0.15) is 0 Å². The van der Waals surface area contributed by atoms with Crippen molar-refractivity contribution in [1.29, 1.82) is 0 Å². The van der Waals surface area contributed by atoms with Crippen molar-refractivity contribution in [2.24, 2.45) is 0 Å². The number of alkyl halides is 3. The zero-order valence-electron chi connectivity index (χ0n) is 14.0. The van der Waals surface area contributed by atoms with Crippen molar-refractivity contribution in [1.82, 2.24) is 4.98 Å². The van der Waals surface area contributed by atoms with Gasteiger partial charge in [0, 0.05) is 22.9 Å². The van der Waals surface area contributed by atoms with Crippen LogP contribution in [0.1, 0.15) is 58.6 Å². The molecule has 144 valence electrons. The summed E-state index contributed by atoms with van der Waals surface area (Å²) in [5.74, 6) is -2.26. The summed E-state index contributed by atoms with van der Waals surface area (Å²) in [5, 5.41) is 18.5. The maximum atomic E-state index is 13.4. The van der Waals surface area contributed by atoms with Gasteiger partial charge in [0.05, 0.1) is 24.2 Å². The number of ketones is 1. The molecule has 2 aromatic rings. The minimum atomic E-state index is -4.60. The molecule has 0 bridgehead atoms. The first-order valence-electron chi connectivity index (χ1n) is 8.29. The lowest BCUT2D eigenvalue weighted by molar-refractivity contribution is -0.138. The second-order valence-corrected chi connectivity index (χ2v) is 6.54. The zero-order chi connectivity index (χ0) is 19.9. The van der Waals surface area contributed by atoms with Crippen molar-refractivity contribution < 1.29 is 33.0 Å². The van der Waals surface area contributed by atoms with Gasteiger partial charge in [0.25, 0.3) is 5.56 Å². The van der Waals surface area contributed by atoms with Crippen LogP contribution in [-0.4, -0.2) is 26.9 Å². The summed E-state index contributed by atoms with van der Waals surface area (Å²) >= 11 is 0. The number of aromatic amines is 1. The van der Waals surface area contributed by atoms with Crippen LogP contribution in [0.3, 0.4) is 0 Å². The molecule has 1 heterocycles. The second-order valence-electron chi connectivity index (χ2n) is 6.54. The Morgan fingerprint density at radius 3 is 2.37 bits per heavy atom. The lowest BCUT2D eigenvalue weighted by Crippen LogP contribution is -2.22. The molecule has 0 saturated heterocycles. The minimum Gasteiger partial charge on any atom is -0.481 e. The Bertz CT molecular complexity index is 989. The van der Waals surface area contributed by atoms with Crippen molar-refractivity contribution in [3.05, 3.63) is 44.7 Å². The third kappa shape index (κ3) is 3.73. The molecular weight excluding hydrogens is 367 g/mol. The maximum Gasteiger partial charge on any atom is 0.416 e. The van der Waals surface area contributed by atoms with E-state index in [0.717, 1.165) is 6.07 Å². The lowest BCUT2D eigenvalue weighted by Gasteiger charge is -2.16. The monoisotopic (exact) mass is 383 g/mol. The average molecular weight is 383 g/mol. The van der Waals surface area contributed by atoms with E-state index in [-0.39, 0.29) is 27.9 Å². The predicted molar refractivity (Wildman–Crippen MR) is 88.7 cm³/mol. The highest BCUT2D eigenvalue weighted by Gasteiger charge is 2.39. The summed E-state index contributed by atoms with van der Waals surface area (Å²) < 4.78 is 40.1. The van der Waals surface area contributed by atoms with E-state index in [9.17, 15) is 32.7 Å². The van der Waals surface area contributed by atoms with Gasteiger partial charge in [-0.3, -0.25) is 14.4 Å². The third-order valence-electron chi connectivity index (χ3n) is 4.62. The molecule has 1 aromatic carbocycles. The van der Waals surface area contributed by atoms with Gasteiger partial charge >= 0.3 is 12.1 Å². The van der Waals surface area contributed by atoms with Crippen molar-refractivity contribution in [2.75, 3.05) is 0 Å². The normalized spacial score (nSPS) is 14.5. The standard InChI is InChI=1S/C18H16F3NO5/c19-18(20,21)12-6-13-10(5-9(12)8-1-2-8)11(7-23)16(17(27)22-13)14(24)3-4-15(25)26/h5-6,8,23H,1-4,7H2,(H,22,27)(H,25,26). The van der Waals surface area contributed by atoms with Crippen LogP contribution in [0.4, 0.5) is 13.2 Å². The molecule has 1 aliphatic carbocycles. The SMILES string of the molecule is O=C(O)CCC(=O)c1c(CO)c2cc(C3CC3)c(C(F)(F)F)cc2[nH]c1=O. The molecule has 0 radical (unpaired) electrons. The van der Waals surface area contributed by atoms with E-state index in [4.69, 9.17) is 5.11 Å². The van der Waals surface area contributed by atoms with Gasteiger partial charge in [-0.2, -0.15) is 13.2 Å². The van der Waals surface area contributed by atoms with Gasteiger partial charge in [0.15, 0.2) is 5.78 Å². The summed E-state index contributed by atoms with van der Waals surface area (Å²) in [4.78, 5) is 37.5. The van der Waals surface area contributed by atoms with E-state index < -0.39 is 54.1 Å². The molecule has 9 heteroatoms. The van der Waals surface area contributed by atoms with Gasteiger partial charge in [0.2, 0.25) is 0 Å². The van der Waals surface area contributed by atoms with Crippen molar-refractivity contribution in [3.63, 3.8) is 0 Å². The maximum absolute atomic E-state index is 13.4. The fourth-order valence-corrected chi connectivity index (χ4v) is 3.21. The highest BCUT2D eigenvalue weighted by atomic mass is 19.4. The average Bonchev–Trinajstić information content (AvgIpc) is 3.41. The number of carbonyl (C=O) groups is 2. The second kappa shape index (κ2) is 6.80. The number of halogens is 3. The number of aromatic nitrogens is 1. The van der Waals surface area contributed by atoms with Crippen LogP contribution >= 0.6 is 0 Å². The number of carboxylic acid groups (broad SMARTS) is 1. The Kier molecular flexibility index (Phi) is 4.81. The smallest absolute Gasteiger partial charge is 0.416 e. The number of hydrogen-bond donors (Lipinski definition) is 3. The number of carboxylic acids is 1. The highest BCUT2D eigenvalue weighted by Crippen LogP contribution is 2.47. The Morgan fingerprint density at radius 1 is 1.19 bits per heavy atom. The number of nitrogens with one attached hydrogen (secondary N) is 1. The summed E-state index contributed by atoms with van der Waals surface area (Å²) in [6.45, 7) is -0.732. The third-order valence-corrected chi connectivity index (χ3v) is 4.62. The van der Waals surface area contributed by atoms with E-state index in [2.05, 4.69) is 4.98 Å². The molecule has 1 saturated carbocycles. The number of hydrogen-bond acceptors (Lipinski definition) is 4. The number of carbonyl (C=O) groups excluding carboxylic acids is 1. The molecule has 0 unspecified atom stereocenters. The molecule has 1 fully saturated rings. The quantitative estimate of drug-likeness (QED) is 0.665. The summed E-state index contributed by atoms with van der Waals surface area (Å²) in [6, 6.07) is 2.10. The zero-order valence-corrected chi connectivity index (χ0v) is 14.0. The minimum absolute atomic E-state index is 0.0701. The van der Waals surface area contributed by atoms with Crippen molar-refractivity contribution in [2.45, 2.75) is 44.4 Å². The number of Topliss-reactive ketones (excluding diaryl/α,β-unsaturated/α-hetero) is 1. The molecular formula is C18H16F3NO5. The van der Waals surface area contributed by atoms with Gasteiger partial charge in [-0.1, -0.05) is 0 Å². The number of benzene rings is 1. The van der Waals surface area contributed by atoms with Gasteiger partial charge in [-0.05, 0) is 36.5 Å². The summed E-state index contributed by atoms with van der Waals surface area (Å²) in [5.41, 5.74) is -2.35. The number of H-pyrrole nitrogens is 1. The largest absolute Gasteiger partial charge is 0.481 e.